The molecule has 0 spiro atoms. The van der Waals surface area contributed by atoms with Crippen molar-refractivity contribution in [1.82, 2.24) is 19.9 Å². The van der Waals surface area contributed by atoms with Crippen molar-refractivity contribution < 1.29 is 8.83 Å². The van der Waals surface area contributed by atoms with Crippen LogP contribution in [0.2, 0.25) is 0 Å². The van der Waals surface area contributed by atoms with Gasteiger partial charge in [0.2, 0.25) is 5.89 Å². The molecule has 0 bridgehead atoms. The van der Waals surface area contributed by atoms with Gasteiger partial charge in [0.05, 0.1) is 0 Å². The third kappa shape index (κ3) is 6.01. The first-order valence-electron chi connectivity index (χ1n) is 19.2. The van der Waals surface area contributed by atoms with E-state index in [4.69, 9.17) is 28.8 Å². The van der Waals surface area contributed by atoms with Crippen LogP contribution in [0.1, 0.15) is 0 Å². The normalized spacial score (nSPS) is 11.4. The summed E-state index contributed by atoms with van der Waals surface area (Å²) in [6.45, 7) is 0. The number of oxazole rings is 1. The van der Waals surface area contributed by atoms with E-state index >= 15 is 0 Å². The number of para-hydroxylation sites is 1. The lowest BCUT2D eigenvalue weighted by Crippen LogP contribution is -2.00. The summed E-state index contributed by atoms with van der Waals surface area (Å²) in [5.74, 6) is 2.36. The standard InChI is InChI=1S/C52H32N4O2/c1-4-12-33(13-5-1)34-22-24-35(25-23-34)36-26-28-39(29-27-36)52-53-44-20-10-18-41(48(44)58-52)40-30-31-45-43(32-40)47-42(19-11-21-46(47)57-45)51-55-49(37-14-6-2-7-15-37)54-50(56-51)38-16-8-3-9-17-38/h1-32H. The molecule has 3 aromatic heterocycles. The lowest BCUT2D eigenvalue weighted by Gasteiger charge is -2.09. The van der Waals surface area contributed by atoms with Crippen LogP contribution in [0.4, 0.5) is 0 Å². The number of hydrogen-bond acceptors (Lipinski definition) is 6. The van der Waals surface area contributed by atoms with E-state index in [9.17, 15) is 0 Å². The van der Waals surface area contributed by atoms with E-state index in [1.165, 1.54) is 11.1 Å². The molecule has 8 aromatic carbocycles. The maximum atomic E-state index is 6.57. The number of aromatic nitrogens is 4. The molecular weight excluding hydrogens is 713 g/mol. The molecule has 3 heterocycles. The molecule has 6 heteroatoms. The zero-order valence-electron chi connectivity index (χ0n) is 31.1. The van der Waals surface area contributed by atoms with Crippen LogP contribution in [0.5, 0.6) is 0 Å². The molecule has 0 N–H and O–H groups in total. The van der Waals surface area contributed by atoms with Gasteiger partial charge in [-0.1, -0.05) is 158 Å². The summed E-state index contributed by atoms with van der Waals surface area (Å²) in [5, 5.41) is 1.89. The Balaban J connectivity index is 0.970. The Morgan fingerprint density at radius 1 is 0.310 bits per heavy atom. The maximum Gasteiger partial charge on any atom is 0.227 e. The Labute approximate surface area is 333 Å². The Kier molecular flexibility index (Phi) is 8.04. The summed E-state index contributed by atoms with van der Waals surface area (Å²) in [6, 6.07) is 65.9. The summed E-state index contributed by atoms with van der Waals surface area (Å²) in [4.78, 5) is 19.9. The predicted molar refractivity (Wildman–Crippen MR) is 233 cm³/mol. The number of nitrogens with zero attached hydrogens (tertiary/aromatic N) is 4. The molecule has 0 unspecified atom stereocenters. The van der Waals surface area contributed by atoms with Gasteiger partial charge in [0.15, 0.2) is 23.1 Å². The molecule has 0 atom stereocenters. The van der Waals surface area contributed by atoms with Gasteiger partial charge in [-0.25, -0.2) is 19.9 Å². The molecule has 0 aliphatic carbocycles. The number of hydrogen-bond donors (Lipinski definition) is 0. The zero-order valence-corrected chi connectivity index (χ0v) is 31.1. The van der Waals surface area contributed by atoms with Crippen LogP contribution in [0, 0.1) is 0 Å². The van der Waals surface area contributed by atoms with E-state index < -0.39 is 0 Å². The van der Waals surface area contributed by atoms with Gasteiger partial charge < -0.3 is 8.83 Å². The average molecular weight is 745 g/mol. The van der Waals surface area contributed by atoms with Crippen LogP contribution in [0.3, 0.4) is 0 Å². The lowest BCUT2D eigenvalue weighted by atomic mass is 10.00. The van der Waals surface area contributed by atoms with Crippen LogP contribution in [0.15, 0.2) is 203 Å². The first-order chi connectivity index (χ1) is 28.7. The Morgan fingerprint density at radius 3 is 1.43 bits per heavy atom. The van der Waals surface area contributed by atoms with Gasteiger partial charge in [-0.3, -0.25) is 0 Å². The molecule has 0 fully saturated rings. The van der Waals surface area contributed by atoms with Crippen molar-refractivity contribution in [3.05, 3.63) is 194 Å². The van der Waals surface area contributed by atoms with E-state index in [0.717, 1.165) is 77.5 Å². The van der Waals surface area contributed by atoms with Gasteiger partial charge in [-0.2, -0.15) is 0 Å². The van der Waals surface area contributed by atoms with Crippen molar-refractivity contribution in [1.29, 1.82) is 0 Å². The molecule has 272 valence electrons. The second kappa shape index (κ2) is 14.0. The quantitative estimate of drug-likeness (QED) is 0.162. The molecule has 0 radical (unpaired) electrons. The largest absolute Gasteiger partial charge is 0.456 e. The number of fused-ring (bicyclic) bond motifs is 4. The van der Waals surface area contributed by atoms with Gasteiger partial charge in [-0.15, -0.1) is 0 Å². The van der Waals surface area contributed by atoms with Crippen molar-refractivity contribution in [2.75, 3.05) is 0 Å². The minimum Gasteiger partial charge on any atom is -0.456 e. The summed E-state index contributed by atoms with van der Waals surface area (Å²) in [5.41, 5.74) is 13.3. The van der Waals surface area contributed by atoms with Crippen LogP contribution < -0.4 is 0 Å². The van der Waals surface area contributed by atoms with E-state index in [0.29, 0.717) is 23.4 Å². The first kappa shape index (κ1) is 33.4. The highest BCUT2D eigenvalue weighted by molar-refractivity contribution is 6.13. The van der Waals surface area contributed by atoms with Gasteiger partial charge >= 0.3 is 0 Å². The van der Waals surface area contributed by atoms with Gasteiger partial charge in [0.1, 0.15) is 16.7 Å². The van der Waals surface area contributed by atoms with Crippen molar-refractivity contribution in [2.24, 2.45) is 0 Å². The third-order valence-corrected chi connectivity index (χ3v) is 10.6. The first-order valence-corrected chi connectivity index (χ1v) is 19.2. The highest BCUT2D eigenvalue weighted by atomic mass is 16.3. The van der Waals surface area contributed by atoms with Gasteiger partial charge in [0.25, 0.3) is 0 Å². The SMILES string of the molecule is c1ccc(-c2ccc(-c3ccc(-c4nc5cccc(-c6ccc7oc8cccc(-c9nc(-c%10ccccc%10)nc(-c%10ccccc%10)n9)c8c7c6)c5o4)cc3)cc2)cc1. The average Bonchev–Trinajstić information content (AvgIpc) is 3.92. The molecule has 11 rings (SSSR count). The fourth-order valence-corrected chi connectivity index (χ4v) is 7.70. The predicted octanol–water partition coefficient (Wildman–Crippen LogP) is 13.6. The Morgan fingerprint density at radius 2 is 0.810 bits per heavy atom. The molecule has 0 saturated heterocycles. The van der Waals surface area contributed by atoms with E-state index in [-0.39, 0.29) is 0 Å². The van der Waals surface area contributed by atoms with E-state index in [2.05, 4.69) is 97.1 Å². The van der Waals surface area contributed by atoms with Crippen molar-refractivity contribution in [2.45, 2.75) is 0 Å². The smallest absolute Gasteiger partial charge is 0.227 e. The summed E-state index contributed by atoms with van der Waals surface area (Å²) in [7, 11) is 0. The van der Waals surface area contributed by atoms with E-state index in [1.807, 2.05) is 97.1 Å². The molecule has 0 aliphatic rings. The van der Waals surface area contributed by atoms with Crippen LogP contribution in [-0.2, 0) is 0 Å². The van der Waals surface area contributed by atoms with E-state index in [1.54, 1.807) is 0 Å². The molecule has 6 nitrogen and oxygen atoms in total. The molecule has 0 aliphatic heterocycles. The molecule has 0 saturated carbocycles. The van der Waals surface area contributed by atoms with Gasteiger partial charge in [-0.05, 0) is 64.2 Å². The number of rotatable bonds is 7. The fraction of sp³-hybridized carbons (Fsp3) is 0. The molecule has 58 heavy (non-hydrogen) atoms. The number of furan rings is 1. The number of benzene rings is 8. The molecule has 11 aromatic rings. The van der Waals surface area contributed by atoms with Crippen LogP contribution >= 0.6 is 0 Å². The van der Waals surface area contributed by atoms with Crippen LogP contribution in [0.25, 0.3) is 112 Å². The minimum atomic E-state index is 0.573. The highest BCUT2D eigenvalue weighted by Gasteiger charge is 2.20. The maximum absolute atomic E-state index is 6.57. The third-order valence-electron chi connectivity index (χ3n) is 10.6. The molecule has 0 amide bonds. The lowest BCUT2D eigenvalue weighted by molar-refractivity contribution is 0.621. The topological polar surface area (TPSA) is 77.8 Å². The minimum absolute atomic E-state index is 0.573. The zero-order chi connectivity index (χ0) is 38.4. The van der Waals surface area contributed by atoms with Crippen molar-refractivity contribution >= 4 is 33.0 Å². The second-order valence-corrected chi connectivity index (χ2v) is 14.2. The summed E-state index contributed by atoms with van der Waals surface area (Å²) in [6.07, 6.45) is 0. The van der Waals surface area contributed by atoms with Crippen molar-refractivity contribution in [3.63, 3.8) is 0 Å². The Hall–Kier alpha value is -7.96. The Bertz CT molecular complexity index is 3190. The van der Waals surface area contributed by atoms with Crippen molar-refractivity contribution in [3.8, 4) is 79.0 Å². The highest BCUT2D eigenvalue weighted by Crippen LogP contribution is 2.40. The van der Waals surface area contributed by atoms with Gasteiger partial charge in [0, 0.05) is 38.6 Å². The second-order valence-electron chi connectivity index (χ2n) is 14.2. The summed E-state index contributed by atoms with van der Waals surface area (Å²) >= 11 is 0. The monoisotopic (exact) mass is 744 g/mol. The fourth-order valence-electron chi connectivity index (χ4n) is 7.70. The molecular formula is C52H32N4O2. The van der Waals surface area contributed by atoms with Crippen LogP contribution in [-0.4, -0.2) is 19.9 Å². The summed E-state index contributed by atoms with van der Waals surface area (Å²) < 4.78 is 13.0.